The van der Waals surface area contributed by atoms with Gasteiger partial charge in [-0.15, -0.1) is 0 Å². The molecule has 1 aromatic carbocycles. The van der Waals surface area contributed by atoms with Gasteiger partial charge >= 0.3 is 0 Å². The van der Waals surface area contributed by atoms with Crippen molar-refractivity contribution < 1.29 is 0 Å². The Morgan fingerprint density at radius 3 is 2.38 bits per heavy atom. The first-order chi connectivity index (χ1) is 7.77. The minimum absolute atomic E-state index is 0.483. The van der Waals surface area contributed by atoms with Crippen LogP contribution in [0.2, 0.25) is 0 Å². The van der Waals surface area contributed by atoms with E-state index in [9.17, 15) is 0 Å². The third-order valence-corrected chi connectivity index (χ3v) is 2.84. The number of anilines is 1. The molecule has 0 saturated carbocycles. The molecule has 2 nitrogen and oxygen atoms in total. The Bertz CT molecular complexity index is 279. The van der Waals surface area contributed by atoms with Crippen LogP contribution in [0.25, 0.3) is 0 Å². The van der Waals surface area contributed by atoms with Crippen molar-refractivity contribution in [2.45, 2.75) is 45.6 Å². The van der Waals surface area contributed by atoms with Crippen LogP contribution in [0, 0.1) is 0 Å². The number of rotatable bonds is 7. The topological polar surface area (TPSA) is 38.0 Å². The lowest BCUT2D eigenvalue weighted by Gasteiger charge is -2.18. The Balaban J connectivity index is 2.57. The molecule has 0 fully saturated rings. The molecule has 0 heterocycles. The largest absolute Gasteiger partial charge is 0.399 e. The Morgan fingerprint density at radius 2 is 1.81 bits per heavy atom. The van der Waals surface area contributed by atoms with E-state index in [4.69, 9.17) is 5.73 Å². The van der Waals surface area contributed by atoms with Gasteiger partial charge in [-0.3, -0.25) is 0 Å². The van der Waals surface area contributed by atoms with Gasteiger partial charge in [0.1, 0.15) is 0 Å². The minimum atomic E-state index is 0.483. The predicted molar refractivity (Wildman–Crippen MR) is 71.4 cm³/mol. The van der Waals surface area contributed by atoms with Crippen LogP contribution in [-0.4, -0.2) is 6.54 Å². The highest BCUT2D eigenvalue weighted by atomic mass is 14.9. The summed E-state index contributed by atoms with van der Waals surface area (Å²) in [7, 11) is 0. The van der Waals surface area contributed by atoms with Crippen molar-refractivity contribution in [2.75, 3.05) is 12.3 Å². The van der Waals surface area contributed by atoms with Crippen molar-refractivity contribution in [1.29, 1.82) is 0 Å². The smallest absolute Gasteiger partial charge is 0.0320 e. The normalized spacial score (nSPS) is 12.6. The van der Waals surface area contributed by atoms with E-state index in [1.807, 2.05) is 12.1 Å². The first-order valence-corrected chi connectivity index (χ1v) is 6.36. The molecule has 1 rings (SSSR count). The van der Waals surface area contributed by atoms with E-state index in [2.05, 4.69) is 31.3 Å². The Kier molecular flexibility index (Phi) is 5.94. The van der Waals surface area contributed by atoms with Crippen LogP contribution >= 0.6 is 0 Å². The minimum Gasteiger partial charge on any atom is -0.399 e. The van der Waals surface area contributed by atoms with Gasteiger partial charge < -0.3 is 11.1 Å². The second-order valence-electron chi connectivity index (χ2n) is 4.32. The molecule has 0 unspecified atom stereocenters. The van der Waals surface area contributed by atoms with E-state index >= 15 is 0 Å². The molecule has 2 heteroatoms. The lowest BCUT2D eigenvalue weighted by atomic mass is 10.0. The molecule has 0 radical (unpaired) electrons. The van der Waals surface area contributed by atoms with Crippen molar-refractivity contribution >= 4 is 5.69 Å². The van der Waals surface area contributed by atoms with Crippen molar-refractivity contribution in [3.05, 3.63) is 29.8 Å². The number of nitrogens with one attached hydrogen (secondary N) is 1. The third-order valence-electron chi connectivity index (χ3n) is 2.84. The zero-order chi connectivity index (χ0) is 11.8. The zero-order valence-corrected chi connectivity index (χ0v) is 10.5. The van der Waals surface area contributed by atoms with E-state index in [-0.39, 0.29) is 0 Å². The Hall–Kier alpha value is -1.02. The number of nitrogens with two attached hydrogens (primary N) is 1. The first-order valence-electron chi connectivity index (χ1n) is 6.36. The second kappa shape index (κ2) is 7.29. The summed E-state index contributed by atoms with van der Waals surface area (Å²) < 4.78 is 0. The van der Waals surface area contributed by atoms with Gasteiger partial charge in [0.05, 0.1) is 0 Å². The number of benzene rings is 1. The third kappa shape index (κ3) is 4.23. The van der Waals surface area contributed by atoms with Gasteiger partial charge in [0.25, 0.3) is 0 Å². The molecule has 90 valence electrons. The van der Waals surface area contributed by atoms with Gasteiger partial charge in [0.2, 0.25) is 0 Å². The molecule has 0 bridgehead atoms. The monoisotopic (exact) mass is 220 g/mol. The van der Waals surface area contributed by atoms with Crippen molar-refractivity contribution in [1.82, 2.24) is 5.32 Å². The first kappa shape index (κ1) is 13.0. The van der Waals surface area contributed by atoms with E-state index in [1.54, 1.807) is 0 Å². The molecule has 3 N–H and O–H groups in total. The Morgan fingerprint density at radius 1 is 1.12 bits per heavy atom. The second-order valence-corrected chi connectivity index (χ2v) is 4.32. The SMILES string of the molecule is CCCCN[C@@H](CCC)c1ccc(N)cc1. The standard InChI is InChI=1S/C14H24N2/c1-3-5-11-16-14(6-4-2)12-7-9-13(15)10-8-12/h7-10,14,16H,3-6,11,15H2,1-2H3/t14-/m0/s1. The molecule has 16 heavy (non-hydrogen) atoms. The Labute approximate surface area is 99.2 Å². The van der Waals surface area contributed by atoms with Gasteiger partial charge in [-0.05, 0) is 37.1 Å². The summed E-state index contributed by atoms with van der Waals surface area (Å²) in [6.45, 7) is 5.55. The molecule has 0 amide bonds. The quantitative estimate of drug-likeness (QED) is 0.545. The fourth-order valence-electron chi connectivity index (χ4n) is 1.86. The molecule has 0 spiro atoms. The van der Waals surface area contributed by atoms with Crippen LogP contribution in [-0.2, 0) is 0 Å². The van der Waals surface area contributed by atoms with E-state index in [1.165, 1.54) is 31.2 Å². The number of nitrogen functional groups attached to an aromatic ring is 1. The van der Waals surface area contributed by atoms with Gasteiger partial charge in [0, 0.05) is 11.7 Å². The molecule has 0 saturated heterocycles. The maximum Gasteiger partial charge on any atom is 0.0320 e. The van der Waals surface area contributed by atoms with Crippen LogP contribution in [0.15, 0.2) is 24.3 Å². The summed E-state index contributed by atoms with van der Waals surface area (Å²) in [5, 5.41) is 3.62. The molecule has 0 aromatic heterocycles. The highest BCUT2D eigenvalue weighted by Crippen LogP contribution is 2.19. The fourth-order valence-corrected chi connectivity index (χ4v) is 1.86. The van der Waals surface area contributed by atoms with E-state index in [0.717, 1.165) is 12.2 Å². The summed E-state index contributed by atoms with van der Waals surface area (Å²) in [5.41, 5.74) is 7.90. The molecule has 1 atom stereocenters. The average Bonchev–Trinajstić information content (AvgIpc) is 2.29. The summed E-state index contributed by atoms with van der Waals surface area (Å²) in [5.74, 6) is 0. The van der Waals surface area contributed by atoms with E-state index in [0.29, 0.717) is 6.04 Å². The van der Waals surface area contributed by atoms with Gasteiger partial charge in [-0.1, -0.05) is 38.8 Å². The molecule has 0 aliphatic rings. The summed E-state index contributed by atoms with van der Waals surface area (Å²) in [6.07, 6.45) is 4.88. The summed E-state index contributed by atoms with van der Waals surface area (Å²) >= 11 is 0. The lowest BCUT2D eigenvalue weighted by Crippen LogP contribution is -2.22. The van der Waals surface area contributed by atoms with Crippen LogP contribution in [0.1, 0.15) is 51.1 Å². The molecule has 0 aliphatic carbocycles. The van der Waals surface area contributed by atoms with Gasteiger partial charge in [-0.25, -0.2) is 0 Å². The summed E-state index contributed by atoms with van der Waals surface area (Å²) in [4.78, 5) is 0. The predicted octanol–water partition coefficient (Wildman–Crippen LogP) is 3.50. The molecular formula is C14H24N2. The summed E-state index contributed by atoms with van der Waals surface area (Å²) in [6, 6.07) is 8.72. The van der Waals surface area contributed by atoms with Crippen LogP contribution in [0.5, 0.6) is 0 Å². The number of hydrogen-bond acceptors (Lipinski definition) is 2. The van der Waals surface area contributed by atoms with Crippen LogP contribution in [0.4, 0.5) is 5.69 Å². The zero-order valence-electron chi connectivity index (χ0n) is 10.5. The maximum absolute atomic E-state index is 5.70. The number of unbranched alkanes of at least 4 members (excludes halogenated alkanes) is 1. The molecular weight excluding hydrogens is 196 g/mol. The molecule has 0 aliphatic heterocycles. The lowest BCUT2D eigenvalue weighted by molar-refractivity contribution is 0.486. The van der Waals surface area contributed by atoms with Crippen molar-refractivity contribution in [3.63, 3.8) is 0 Å². The van der Waals surface area contributed by atoms with Crippen LogP contribution < -0.4 is 11.1 Å². The average molecular weight is 220 g/mol. The van der Waals surface area contributed by atoms with Crippen molar-refractivity contribution in [2.24, 2.45) is 0 Å². The van der Waals surface area contributed by atoms with Crippen LogP contribution in [0.3, 0.4) is 0 Å². The fraction of sp³-hybridized carbons (Fsp3) is 0.571. The highest BCUT2D eigenvalue weighted by Gasteiger charge is 2.08. The van der Waals surface area contributed by atoms with Crippen molar-refractivity contribution in [3.8, 4) is 0 Å². The maximum atomic E-state index is 5.70. The van der Waals surface area contributed by atoms with Gasteiger partial charge in [-0.2, -0.15) is 0 Å². The van der Waals surface area contributed by atoms with E-state index < -0.39 is 0 Å². The highest BCUT2D eigenvalue weighted by molar-refractivity contribution is 5.40. The van der Waals surface area contributed by atoms with Gasteiger partial charge in [0.15, 0.2) is 0 Å². The molecule has 1 aromatic rings. The number of hydrogen-bond donors (Lipinski definition) is 2.